The standard InChI is InChI=1S/C10H12O3/c1-12-7-8-4-3-5-10(13-2)9(8)6-11/h3-6H,7H2,1-2H3. The number of rotatable bonds is 4. The Labute approximate surface area is 77.3 Å². The Morgan fingerprint density at radius 2 is 2.15 bits per heavy atom. The largest absolute Gasteiger partial charge is 0.496 e. The van der Waals surface area contributed by atoms with Crippen LogP contribution in [0.5, 0.6) is 5.75 Å². The molecule has 0 radical (unpaired) electrons. The van der Waals surface area contributed by atoms with Gasteiger partial charge in [0.1, 0.15) is 5.75 Å². The van der Waals surface area contributed by atoms with Gasteiger partial charge in [0.05, 0.1) is 19.3 Å². The first-order valence-corrected chi connectivity index (χ1v) is 3.93. The first-order valence-electron chi connectivity index (χ1n) is 3.93. The second kappa shape index (κ2) is 4.62. The molecule has 0 bridgehead atoms. The van der Waals surface area contributed by atoms with Crippen LogP contribution in [0.3, 0.4) is 0 Å². The number of carbonyl (C=O) groups excluding carboxylic acids is 1. The molecule has 0 N–H and O–H groups in total. The molecule has 0 amide bonds. The van der Waals surface area contributed by atoms with Crippen molar-refractivity contribution in [1.29, 1.82) is 0 Å². The summed E-state index contributed by atoms with van der Waals surface area (Å²) in [4.78, 5) is 10.7. The normalized spacial score (nSPS) is 9.69. The molecule has 70 valence electrons. The summed E-state index contributed by atoms with van der Waals surface area (Å²) >= 11 is 0. The molecule has 3 nitrogen and oxygen atoms in total. The summed E-state index contributed by atoms with van der Waals surface area (Å²) in [5, 5.41) is 0. The van der Waals surface area contributed by atoms with Crippen LogP contribution in [0.1, 0.15) is 15.9 Å². The van der Waals surface area contributed by atoms with Crippen LogP contribution in [0.2, 0.25) is 0 Å². The number of hydrogen-bond acceptors (Lipinski definition) is 3. The van der Waals surface area contributed by atoms with Crippen molar-refractivity contribution in [3.63, 3.8) is 0 Å². The Morgan fingerprint density at radius 1 is 1.38 bits per heavy atom. The molecule has 13 heavy (non-hydrogen) atoms. The maximum absolute atomic E-state index is 10.7. The molecule has 0 aromatic heterocycles. The molecule has 0 unspecified atom stereocenters. The molecule has 0 atom stereocenters. The number of ether oxygens (including phenoxy) is 2. The first kappa shape index (κ1) is 9.74. The van der Waals surface area contributed by atoms with E-state index in [9.17, 15) is 4.79 Å². The highest BCUT2D eigenvalue weighted by atomic mass is 16.5. The van der Waals surface area contributed by atoms with Gasteiger partial charge in [-0.1, -0.05) is 12.1 Å². The molecule has 0 aliphatic carbocycles. The molecule has 1 aromatic rings. The first-order chi connectivity index (χ1) is 6.33. The Bertz CT molecular complexity index is 294. The summed E-state index contributed by atoms with van der Waals surface area (Å²) in [6, 6.07) is 5.43. The Morgan fingerprint density at radius 3 is 2.69 bits per heavy atom. The van der Waals surface area contributed by atoms with Gasteiger partial charge in [0.2, 0.25) is 0 Å². The number of benzene rings is 1. The molecule has 0 saturated carbocycles. The third kappa shape index (κ3) is 2.06. The van der Waals surface area contributed by atoms with Crippen molar-refractivity contribution in [2.45, 2.75) is 6.61 Å². The lowest BCUT2D eigenvalue weighted by Crippen LogP contribution is -1.98. The van der Waals surface area contributed by atoms with E-state index < -0.39 is 0 Å². The lowest BCUT2D eigenvalue weighted by atomic mass is 10.1. The number of hydrogen-bond donors (Lipinski definition) is 0. The van der Waals surface area contributed by atoms with Crippen LogP contribution in [0.4, 0.5) is 0 Å². The van der Waals surface area contributed by atoms with E-state index in [1.807, 2.05) is 12.1 Å². The fourth-order valence-electron chi connectivity index (χ4n) is 1.18. The second-order valence-electron chi connectivity index (χ2n) is 2.58. The van der Waals surface area contributed by atoms with E-state index in [4.69, 9.17) is 9.47 Å². The van der Waals surface area contributed by atoms with Crippen LogP contribution in [0.15, 0.2) is 18.2 Å². The minimum Gasteiger partial charge on any atom is -0.496 e. The van der Waals surface area contributed by atoms with Crippen molar-refractivity contribution in [3.05, 3.63) is 29.3 Å². The monoisotopic (exact) mass is 180 g/mol. The molecular weight excluding hydrogens is 168 g/mol. The zero-order chi connectivity index (χ0) is 9.68. The quantitative estimate of drug-likeness (QED) is 0.661. The van der Waals surface area contributed by atoms with Crippen molar-refractivity contribution in [1.82, 2.24) is 0 Å². The van der Waals surface area contributed by atoms with Gasteiger partial charge in [-0.15, -0.1) is 0 Å². The van der Waals surface area contributed by atoms with Crippen LogP contribution in [0, 0.1) is 0 Å². The molecule has 0 spiro atoms. The zero-order valence-electron chi connectivity index (χ0n) is 7.74. The molecule has 0 fully saturated rings. The maximum atomic E-state index is 10.7. The number of carbonyl (C=O) groups is 1. The third-order valence-electron chi connectivity index (χ3n) is 1.79. The summed E-state index contributed by atoms with van der Waals surface area (Å²) in [5.74, 6) is 0.588. The second-order valence-corrected chi connectivity index (χ2v) is 2.58. The van der Waals surface area contributed by atoms with Crippen molar-refractivity contribution >= 4 is 6.29 Å². The van der Waals surface area contributed by atoms with E-state index in [0.29, 0.717) is 17.9 Å². The van der Waals surface area contributed by atoms with Crippen molar-refractivity contribution in [3.8, 4) is 5.75 Å². The van der Waals surface area contributed by atoms with Crippen molar-refractivity contribution < 1.29 is 14.3 Å². The van der Waals surface area contributed by atoms with E-state index >= 15 is 0 Å². The van der Waals surface area contributed by atoms with E-state index in [0.717, 1.165) is 11.8 Å². The van der Waals surface area contributed by atoms with E-state index in [2.05, 4.69) is 0 Å². The van der Waals surface area contributed by atoms with Gasteiger partial charge in [0.25, 0.3) is 0 Å². The molecule has 0 aliphatic rings. The Kier molecular flexibility index (Phi) is 3.46. The van der Waals surface area contributed by atoms with Gasteiger partial charge in [0.15, 0.2) is 6.29 Å². The summed E-state index contributed by atoms with van der Waals surface area (Å²) in [5.41, 5.74) is 1.41. The molecule has 0 saturated heterocycles. The third-order valence-corrected chi connectivity index (χ3v) is 1.79. The van der Waals surface area contributed by atoms with Gasteiger partial charge in [-0.3, -0.25) is 4.79 Å². The van der Waals surface area contributed by atoms with Crippen LogP contribution < -0.4 is 4.74 Å². The molecule has 1 aromatic carbocycles. The minimum atomic E-state index is 0.422. The zero-order valence-corrected chi connectivity index (χ0v) is 7.74. The predicted octanol–water partition coefficient (Wildman–Crippen LogP) is 1.65. The highest BCUT2D eigenvalue weighted by Gasteiger charge is 2.06. The molecular formula is C10H12O3. The smallest absolute Gasteiger partial charge is 0.154 e. The van der Waals surface area contributed by atoms with Gasteiger partial charge < -0.3 is 9.47 Å². The van der Waals surface area contributed by atoms with Gasteiger partial charge in [-0.05, 0) is 11.6 Å². The fourth-order valence-corrected chi connectivity index (χ4v) is 1.18. The summed E-state index contributed by atoms with van der Waals surface area (Å²) < 4.78 is 9.99. The minimum absolute atomic E-state index is 0.422. The Hall–Kier alpha value is -1.35. The maximum Gasteiger partial charge on any atom is 0.154 e. The molecule has 0 aliphatic heterocycles. The summed E-state index contributed by atoms with van der Waals surface area (Å²) in [6.07, 6.45) is 0.785. The SMILES string of the molecule is COCc1cccc(OC)c1C=O. The molecule has 3 heteroatoms. The van der Waals surface area contributed by atoms with Gasteiger partial charge in [0, 0.05) is 7.11 Å². The van der Waals surface area contributed by atoms with E-state index in [-0.39, 0.29) is 0 Å². The van der Waals surface area contributed by atoms with Crippen LogP contribution in [-0.4, -0.2) is 20.5 Å². The average Bonchev–Trinajstić information content (AvgIpc) is 2.18. The fraction of sp³-hybridized carbons (Fsp3) is 0.300. The highest BCUT2D eigenvalue weighted by molar-refractivity contribution is 5.81. The Balaban J connectivity index is 3.10. The molecule has 1 rings (SSSR count). The van der Waals surface area contributed by atoms with Gasteiger partial charge in [-0.25, -0.2) is 0 Å². The van der Waals surface area contributed by atoms with Gasteiger partial charge >= 0.3 is 0 Å². The van der Waals surface area contributed by atoms with Gasteiger partial charge in [-0.2, -0.15) is 0 Å². The summed E-state index contributed by atoms with van der Waals surface area (Å²) in [6.45, 7) is 0.422. The van der Waals surface area contributed by atoms with Crippen LogP contribution >= 0.6 is 0 Å². The van der Waals surface area contributed by atoms with E-state index in [1.165, 1.54) is 0 Å². The average molecular weight is 180 g/mol. The number of methoxy groups -OCH3 is 2. The lowest BCUT2D eigenvalue weighted by Gasteiger charge is -2.07. The van der Waals surface area contributed by atoms with Crippen molar-refractivity contribution in [2.24, 2.45) is 0 Å². The lowest BCUT2D eigenvalue weighted by molar-refractivity contribution is 0.111. The topological polar surface area (TPSA) is 35.5 Å². The molecule has 0 heterocycles. The highest BCUT2D eigenvalue weighted by Crippen LogP contribution is 2.20. The van der Waals surface area contributed by atoms with Crippen molar-refractivity contribution in [2.75, 3.05) is 14.2 Å². The van der Waals surface area contributed by atoms with Crippen LogP contribution in [-0.2, 0) is 11.3 Å². The predicted molar refractivity (Wildman–Crippen MR) is 49.1 cm³/mol. The van der Waals surface area contributed by atoms with Crippen LogP contribution in [0.25, 0.3) is 0 Å². The number of aldehydes is 1. The van der Waals surface area contributed by atoms with E-state index in [1.54, 1.807) is 20.3 Å². The summed E-state index contributed by atoms with van der Waals surface area (Å²) in [7, 11) is 3.13.